The molecule has 3 nitrogen and oxygen atoms in total. The molecule has 3 aromatic rings. The van der Waals surface area contributed by atoms with Crippen LogP contribution >= 0.6 is 23.2 Å². The van der Waals surface area contributed by atoms with Gasteiger partial charge in [-0.15, -0.1) is 0 Å². The van der Waals surface area contributed by atoms with Crippen molar-refractivity contribution in [1.82, 2.24) is 0 Å². The molecule has 25 heavy (non-hydrogen) atoms. The number of benzene rings is 3. The van der Waals surface area contributed by atoms with E-state index < -0.39 is 5.97 Å². The molecule has 0 saturated heterocycles. The lowest BCUT2D eigenvalue weighted by molar-refractivity contribution is -0.136. The van der Waals surface area contributed by atoms with Gasteiger partial charge in [0.15, 0.2) is 6.61 Å². The van der Waals surface area contributed by atoms with Crippen LogP contribution in [0.1, 0.15) is 11.1 Å². The van der Waals surface area contributed by atoms with Gasteiger partial charge in [0.1, 0.15) is 11.5 Å². The third-order valence-corrected chi connectivity index (χ3v) is 4.36. The van der Waals surface area contributed by atoms with Gasteiger partial charge in [-0.25, -0.2) is 4.79 Å². The van der Waals surface area contributed by atoms with Crippen LogP contribution < -0.4 is 9.47 Å². The molecule has 0 atom stereocenters. The highest BCUT2D eigenvalue weighted by molar-refractivity contribution is 6.35. The molecule has 0 amide bonds. The zero-order valence-electron chi connectivity index (χ0n) is 13.8. The summed E-state index contributed by atoms with van der Waals surface area (Å²) in [5.41, 5.74) is 1.74. The number of hydrogen-bond acceptors (Lipinski definition) is 3. The van der Waals surface area contributed by atoms with Crippen molar-refractivity contribution >= 4 is 39.9 Å². The van der Waals surface area contributed by atoms with Crippen molar-refractivity contribution in [3.63, 3.8) is 0 Å². The number of esters is 1. The van der Waals surface area contributed by atoms with Crippen molar-refractivity contribution in [1.29, 1.82) is 0 Å². The van der Waals surface area contributed by atoms with E-state index in [0.717, 1.165) is 21.9 Å². The second kappa shape index (κ2) is 7.34. The van der Waals surface area contributed by atoms with Gasteiger partial charge in [-0.3, -0.25) is 0 Å². The minimum absolute atomic E-state index is 0.194. The van der Waals surface area contributed by atoms with E-state index in [2.05, 4.69) is 0 Å². The first-order chi connectivity index (χ1) is 12.0. The third-order valence-electron chi connectivity index (χ3n) is 3.81. The number of rotatable bonds is 4. The molecule has 0 aliphatic heterocycles. The van der Waals surface area contributed by atoms with E-state index >= 15 is 0 Å². The maximum absolute atomic E-state index is 12.2. The molecule has 0 spiro atoms. The van der Waals surface area contributed by atoms with Crippen LogP contribution in [0.15, 0.2) is 48.5 Å². The fraction of sp³-hybridized carbons (Fsp3) is 0.150. The van der Waals surface area contributed by atoms with E-state index in [0.29, 0.717) is 21.5 Å². The predicted octanol–water partition coefficient (Wildman–Crippen LogP) is 5.75. The summed E-state index contributed by atoms with van der Waals surface area (Å²) in [4.78, 5) is 12.2. The SMILES string of the molecule is Cc1cc(Cl)cc(C)c1OCC(=O)Oc1ccc(Cl)c2ccccc12. The van der Waals surface area contributed by atoms with Crippen LogP contribution in [0.5, 0.6) is 11.5 Å². The van der Waals surface area contributed by atoms with Crippen molar-refractivity contribution in [2.24, 2.45) is 0 Å². The summed E-state index contributed by atoms with van der Waals surface area (Å²) in [5, 5.41) is 2.86. The van der Waals surface area contributed by atoms with Gasteiger partial charge in [0.05, 0.1) is 0 Å². The Labute approximate surface area is 156 Å². The van der Waals surface area contributed by atoms with Crippen LogP contribution in [0.4, 0.5) is 0 Å². The molecule has 128 valence electrons. The molecule has 0 unspecified atom stereocenters. The van der Waals surface area contributed by atoms with Crippen LogP contribution in [0.25, 0.3) is 10.8 Å². The molecule has 0 fully saturated rings. The van der Waals surface area contributed by atoms with Crippen molar-refractivity contribution in [3.05, 3.63) is 69.7 Å². The molecule has 0 heterocycles. The van der Waals surface area contributed by atoms with Gasteiger partial charge < -0.3 is 9.47 Å². The lowest BCUT2D eigenvalue weighted by Crippen LogP contribution is -2.18. The molecule has 0 radical (unpaired) electrons. The first kappa shape index (κ1) is 17.6. The van der Waals surface area contributed by atoms with E-state index in [1.807, 2.05) is 38.1 Å². The van der Waals surface area contributed by atoms with Crippen molar-refractivity contribution in [3.8, 4) is 11.5 Å². The highest BCUT2D eigenvalue weighted by Crippen LogP contribution is 2.31. The molecular weight excluding hydrogens is 359 g/mol. The second-order valence-electron chi connectivity index (χ2n) is 5.72. The Morgan fingerprint density at radius 1 is 0.960 bits per heavy atom. The van der Waals surface area contributed by atoms with Gasteiger partial charge >= 0.3 is 5.97 Å². The van der Waals surface area contributed by atoms with Crippen LogP contribution in [0.3, 0.4) is 0 Å². The maximum Gasteiger partial charge on any atom is 0.349 e. The van der Waals surface area contributed by atoms with Gasteiger partial charge in [-0.1, -0.05) is 47.5 Å². The molecule has 0 aliphatic carbocycles. The number of fused-ring (bicyclic) bond motifs is 1. The van der Waals surface area contributed by atoms with Crippen molar-refractivity contribution < 1.29 is 14.3 Å². The molecule has 5 heteroatoms. The Kier molecular flexibility index (Phi) is 5.16. The Morgan fingerprint density at radius 3 is 2.28 bits per heavy atom. The maximum atomic E-state index is 12.2. The van der Waals surface area contributed by atoms with Crippen molar-refractivity contribution in [2.75, 3.05) is 6.61 Å². The number of aryl methyl sites for hydroxylation is 2. The lowest BCUT2D eigenvalue weighted by atomic mass is 10.1. The first-order valence-electron chi connectivity index (χ1n) is 7.73. The number of ether oxygens (including phenoxy) is 2. The summed E-state index contributed by atoms with van der Waals surface area (Å²) in [6.45, 7) is 3.57. The Balaban J connectivity index is 1.75. The standard InChI is InChI=1S/C20H16Cl2O3/c1-12-9-14(21)10-13(2)20(12)24-11-19(23)25-18-8-7-17(22)15-5-3-4-6-16(15)18/h3-10H,11H2,1-2H3. The van der Waals surface area contributed by atoms with Gasteiger partial charge in [-0.05, 0) is 49.2 Å². The highest BCUT2D eigenvalue weighted by atomic mass is 35.5. The fourth-order valence-electron chi connectivity index (χ4n) is 2.73. The Hall–Kier alpha value is -2.23. The second-order valence-corrected chi connectivity index (χ2v) is 6.57. The summed E-state index contributed by atoms with van der Waals surface area (Å²) in [6, 6.07) is 14.5. The molecule has 0 saturated carbocycles. The van der Waals surface area contributed by atoms with E-state index in [1.165, 1.54) is 0 Å². The van der Waals surface area contributed by atoms with E-state index in [-0.39, 0.29) is 6.61 Å². The number of carbonyl (C=O) groups excluding carboxylic acids is 1. The zero-order valence-corrected chi connectivity index (χ0v) is 15.3. The average molecular weight is 375 g/mol. The molecule has 0 aromatic heterocycles. The number of halogens is 2. The molecule has 0 bridgehead atoms. The topological polar surface area (TPSA) is 35.5 Å². The van der Waals surface area contributed by atoms with Crippen molar-refractivity contribution in [2.45, 2.75) is 13.8 Å². The molecule has 3 aromatic carbocycles. The van der Waals surface area contributed by atoms with Gasteiger partial charge in [0.25, 0.3) is 0 Å². The Bertz CT molecular complexity index is 928. The number of carbonyl (C=O) groups is 1. The van der Waals surface area contributed by atoms with E-state index in [1.54, 1.807) is 24.3 Å². The zero-order chi connectivity index (χ0) is 18.0. The van der Waals surface area contributed by atoms with Crippen LogP contribution in [0, 0.1) is 13.8 Å². The van der Waals surface area contributed by atoms with Gasteiger partial charge in [-0.2, -0.15) is 0 Å². The smallest absolute Gasteiger partial charge is 0.349 e. The summed E-state index contributed by atoms with van der Waals surface area (Å²) >= 11 is 12.2. The third kappa shape index (κ3) is 3.89. The van der Waals surface area contributed by atoms with Gasteiger partial charge in [0.2, 0.25) is 0 Å². The first-order valence-corrected chi connectivity index (χ1v) is 8.49. The minimum atomic E-state index is -0.485. The monoisotopic (exact) mass is 374 g/mol. The summed E-state index contributed by atoms with van der Waals surface area (Å²) < 4.78 is 11.1. The fourth-order valence-corrected chi connectivity index (χ4v) is 3.29. The van der Waals surface area contributed by atoms with Crippen LogP contribution in [-0.4, -0.2) is 12.6 Å². The average Bonchev–Trinajstić information content (AvgIpc) is 2.57. The quantitative estimate of drug-likeness (QED) is 0.430. The molecule has 0 aliphatic rings. The molecule has 3 rings (SSSR count). The van der Waals surface area contributed by atoms with Gasteiger partial charge in [0, 0.05) is 20.8 Å². The normalized spacial score (nSPS) is 10.7. The minimum Gasteiger partial charge on any atom is -0.481 e. The summed E-state index contributed by atoms with van der Waals surface area (Å²) in [5.74, 6) is 0.613. The largest absolute Gasteiger partial charge is 0.481 e. The summed E-state index contributed by atoms with van der Waals surface area (Å²) in [7, 11) is 0. The predicted molar refractivity (Wildman–Crippen MR) is 101 cm³/mol. The number of hydrogen-bond donors (Lipinski definition) is 0. The summed E-state index contributed by atoms with van der Waals surface area (Å²) in [6.07, 6.45) is 0. The van der Waals surface area contributed by atoms with E-state index in [9.17, 15) is 4.79 Å². The molecular formula is C20H16Cl2O3. The Morgan fingerprint density at radius 2 is 1.60 bits per heavy atom. The highest BCUT2D eigenvalue weighted by Gasteiger charge is 2.13. The van der Waals surface area contributed by atoms with E-state index in [4.69, 9.17) is 32.7 Å². The van der Waals surface area contributed by atoms with Crippen LogP contribution in [0.2, 0.25) is 10.0 Å². The lowest BCUT2D eigenvalue weighted by Gasteiger charge is -2.13. The van der Waals surface area contributed by atoms with Crippen LogP contribution in [-0.2, 0) is 4.79 Å². The molecule has 0 N–H and O–H groups in total.